The highest BCUT2D eigenvalue weighted by Gasteiger charge is 2.02. The van der Waals surface area contributed by atoms with E-state index >= 15 is 0 Å². The number of furan rings is 1. The molecule has 1 heterocycles. The second kappa shape index (κ2) is 5.31. The predicted molar refractivity (Wildman–Crippen MR) is 62.3 cm³/mol. The first-order chi connectivity index (χ1) is 7.88. The van der Waals surface area contributed by atoms with Gasteiger partial charge in [0.2, 0.25) is 0 Å². The molecule has 0 unspecified atom stereocenters. The van der Waals surface area contributed by atoms with Crippen molar-refractivity contribution in [1.29, 1.82) is 0 Å². The highest BCUT2D eigenvalue weighted by Crippen LogP contribution is 2.14. The summed E-state index contributed by atoms with van der Waals surface area (Å²) in [5, 5.41) is 0. The number of aldehydes is 1. The maximum atomic E-state index is 10.2. The molecule has 1 aromatic carbocycles. The largest absolute Gasteiger partial charge is 0.466 e. The molecule has 0 atom stereocenters. The van der Waals surface area contributed by atoms with Crippen molar-refractivity contribution in [1.82, 2.24) is 0 Å². The smallest absolute Gasteiger partial charge is 0.120 e. The van der Waals surface area contributed by atoms with Crippen LogP contribution in [0, 0.1) is 0 Å². The fourth-order valence-corrected chi connectivity index (χ4v) is 1.65. The lowest BCUT2D eigenvalue weighted by Gasteiger charge is -1.97. The Morgan fingerprint density at radius 3 is 2.50 bits per heavy atom. The summed E-state index contributed by atoms with van der Waals surface area (Å²) in [7, 11) is 0. The van der Waals surface area contributed by atoms with E-state index in [0.29, 0.717) is 12.8 Å². The summed E-state index contributed by atoms with van der Waals surface area (Å²) in [6, 6.07) is 14.1. The van der Waals surface area contributed by atoms with Gasteiger partial charge in [-0.2, -0.15) is 0 Å². The average Bonchev–Trinajstić information content (AvgIpc) is 2.75. The van der Waals surface area contributed by atoms with Gasteiger partial charge in [-0.25, -0.2) is 0 Å². The van der Waals surface area contributed by atoms with E-state index in [9.17, 15) is 4.79 Å². The molecule has 0 saturated heterocycles. The molecule has 0 fully saturated rings. The molecular weight excluding hydrogens is 200 g/mol. The molecule has 0 aliphatic carbocycles. The Bertz CT molecular complexity index is 443. The van der Waals surface area contributed by atoms with E-state index in [1.165, 1.54) is 5.56 Å². The molecule has 0 spiro atoms. The monoisotopic (exact) mass is 214 g/mol. The Kier molecular flexibility index (Phi) is 3.54. The van der Waals surface area contributed by atoms with Gasteiger partial charge in [0, 0.05) is 19.3 Å². The minimum atomic E-state index is 0.526. The molecule has 2 heteroatoms. The zero-order chi connectivity index (χ0) is 11.2. The van der Waals surface area contributed by atoms with Gasteiger partial charge in [-0.05, 0) is 17.7 Å². The third kappa shape index (κ3) is 2.83. The summed E-state index contributed by atoms with van der Waals surface area (Å²) in [5.41, 5.74) is 1.23. The summed E-state index contributed by atoms with van der Waals surface area (Å²) in [5.74, 6) is 1.84. The summed E-state index contributed by atoms with van der Waals surface area (Å²) in [4.78, 5) is 10.2. The second-order valence-corrected chi connectivity index (χ2v) is 3.74. The molecule has 0 amide bonds. The van der Waals surface area contributed by atoms with Gasteiger partial charge in [-0.1, -0.05) is 30.3 Å². The Balaban J connectivity index is 2.00. The van der Waals surface area contributed by atoms with Crippen LogP contribution >= 0.6 is 0 Å². The van der Waals surface area contributed by atoms with E-state index in [1.54, 1.807) is 0 Å². The van der Waals surface area contributed by atoms with Crippen molar-refractivity contribution < 1.29 is 9.21 Å². The summed E-state index contributed by atoms with van der Waals surface area (Å²) >= 11 is 0. The van der Waals surface area contributed by atoms with Gasteiger partial charge in [0.25, 0.3) is 0 Å². The van der Waals surface area contributed by atoms with Crippen LogP contribution in [-0.4, -0.2) is 6.29 Å². The minimum absolute atomic E-state index is 0.526. The average molecular weight is 214 g/mol. The quantitative estimate of drug-likeness (QED) is 0.716. The molecule has 1 aromatic heterocycles. The summed E-state index contributed by atoms with van der Waals surface area (Å²) in [6.45, 7) is 0. The van der Waals surface area contributed by atoms with Crippen molar-refractivity contribution in [2.24, 2.45) is 0 Å². The minimum Gasteiger partial charge on any atom is -0.466 e. The SMILES string of the molecule is O=CCCc1ccc(Cc2ccccc2)o1. The van der Waals surface area contributed by atoms with E-state index < -0.39 is 0 Å². The van der Waals surface area contributed by atoms with Crippen LogP contribution in [0.25, 0.3) is 0 Å². The van der Waals surface area contributed by atoms with Crippen molar-refractivity contribution in [2.45, 2.75) is 19.3 Å². The van der Waals surface area contributed by atoms with Crippen LogP contribution in [0.1, 0.15) is 23.5 Å². The van der Waals surface area contributed by atoms with Gasteiger partial charge >= 0.3 is 0 Å². The molecule has 0 saturated carbocycles. The van der Waals surface area contributed by atoms with Crippen molar-refractivity contribution in [3.05, 3.63) is 59.5 Å². The van der Waals surface area contributed by atoms with Crippen LogP contribution in [0.15, 0.2) is 46.9 Å². The lowest BCUT2D eigenvalue weighted by Crippen LogP contribution is -1.85. The van der Waals surface area contributed by atoms with Crippen molar-refractivity contribution in [3.8, 4) is 0 Å². The van der Waals surface area contributed by atoms with Gasteiger partial charge in [0.05, 0.1) is 0 Å². The topological polar surface area (TPSA) is 30.2 Å². The van der Waals surface area contributed by atoms with Crippen LogP contribution in [0.5, 0.6) is 0 Å². The van der Waals surface area contributed by atoms with Crippen molar-refractivity contribution in [3.63, 3.8) is 0 Å². The zero-order valence-corrected chi connectivity index (χ0v) is 9.06. The van der Waals surface area contributed by atoms with Crippen LogP contribution in [-0.2, 0) is 17.6 Å². The second-order valence-electron chi connectivity index (χ2n) is 3.74. The van der Waals surface area contributed by atoms with Gasteiger partial charge in [0.1, 0.15) is 17.8 Å². The van der Waals surface area contributed by atoms with Gasteiger partial charge in [-0.15, -0.1) is 0 Å². The fraction of sp³-hybridized carbons (Fsp3) is 0.214. The molecule has 0 aliphatic heterocycles. The highest BCUT2D eigenvalue weighted by molar-refractivity contribution is 5.49. The molecular formula is C14H14O2. The molecule has 2 aromatic rings. The normalized spacial score (nSPS) is 10.2. The molecule has 0 aliphatic rings. The number of rotatable bonds is 5. The Morgan fingerprint density at radius 1 is 1.00 bits per heavy atom. The maximum absolute atomic E-state index is 10.2. The van der Waals surface area contributed by atoms with E-state index in [1.807, 2.05) is 30.3 Å². The molecule has 0 N–H and O–H groups in total. The number of hydrogen-bond acceptors (Lipinski definition) is 2. The van der Waals surface area contributed by atoms with Crippen molar-refractivity contribution in [2.75, 3.05) is 0 Å². The van der Waals surface area contributed by atoms with Gasteiger partial charge < -0.3 is 9.21 Å². The van der Waals surface area contributed by atoms with E-state index in [2.05, 4.69) is 12.1 Å². The Labute approximate surface area is 94.9 Å². The summed E-state index contributed by atoms with van der Waals surface area (Å²) in [6.07, 6.45) is 2.94. The van der Waals surface area contributed by atoms with E-state index in [0.717, 1.165) is 24.2 Å². The van der Waals surface area contributed by atoms with E-state index in [4.69, 9.17) is 4.42 Å². The van der Waals surface area contributed by atoms with Crippen LogP contribution < -0.4 is 0 Å². The molecule has 82 valence electrons. The Hall–Kier alpha value is -1.83. The molecule has 0 radical (unpaired) electrons. The third-order valence-corrected chi connectivity index (χ3v) is 2.45. The number of carbonyl (C=O) groups is 1. The van der Waals surface area contributed by atoms with Crippen LogP contribution in [0.2, 0.25) is 0 Å². The van der Waals surface area contributed by atoms with Crippen LogP contribution in [0.3, 0.4) is 0 Å². The standard InChI is InChI=1S/C14H14O2/c15-10-4-7-13-8-9-14(16-13)11-12-5-2-1-3-6-12/h1-3,5-6,8-10H,4,7,11H2. The summed E-state index contributed by atoms with van der Waals surface area (Å²) < 4.78 is 5.63. The lowest BCUT2D eigenvalue weighted by atomic mass is 10.1. The molecule has 16 heavy (non-hydrogen) atoms. The van der Waals surface area contributed by atoms with Gasteiger partial charge in [0.15, 0.2) is 0 Å². The fourth-order valence-electron chi connectivity index (χ4n) is 1.65. The Morgan fingerprint density at radius 2 is 1.75 bits per heavy atom. The lowest BCUT2D eigenvalue weighted by molar-refractivity contribution is -0.107. The number of benzene rings is 1. The van der Waals surface area contributed by atoms with Gasteiger partial charge in [-0.3, -0.25) is 0 Å². The highest BCUT2D eigenvalue weighted by atomic mass is 16.3. The van der Waals surface area contributed by atoms with E-state index in [-0.39, 0.29) is 0 Å². The molecule has 2 nitrogen and oxygen atoms in total. The molecule has 0 bridgehead atoms. The first-order valence-electron chi connectivity index (χ1n) is 5.43. The number of aryl methyl sites for hydroxylation is 1. The number of hydrogen-bond donors (Lipinski definition) is 0. The maximum Gasteiger partial charge on any atom is 0.120 e. The van der Waals surface area contributed by atoms with Crippen molar-refractivity contribution >= 4 is 6.29 Å². The predicted octanol–water partition coefficient (Wildman–Crippen LogP) is 3.00. The third-order valence-electron chi connectivity index (χ3n) is 2.45. The molecule has 2 rings (SSSR count). The zero-order valence-electron chi connectivity index (χ0n) is 9.06. The first kappa shape index (κ1) is 10.7. The van der Waals surface area contributed by atoms with Crippen LogP contribution in [0.4, 0.5) is 0 Å². The first-order valence-corrected chi connectivity index (χ1v) is 5.43. The number of carbonyl (C=O) groups excluding carboxylic acids is 1.